The van der Waals surface area contributed by atoms with Gasteiger partial charge in [-0.1, -0.05) is 24.3 Å². The molecule has 1 rings (SSSR count). The zero-order valence-corrected chi connectivity index (χ0v) is 9.64. The number of carbonyl (C=O) groups excluding carboxylic acids is 1. The molecule has 1 aromatic rings. The predicted octanol–water partition coefficient (Wildman–Crippen LogP) is 2.39. The van der Waals surface area contributed by atoms with Crippen LogP contribution in [0.2, 0.25) is 0 Å². The van der Waals surface area contributed by atoms with E-state index in [1.54, 1.807) is 17.8 Å². The van der Waals surface area contributed by atoms with Gasteiger partial charge in [0.25, 0.3) is 0 Å². The highest BCUT2D eigenvalue weighted by Crippen LogP contribution is 2.21. The summed E-state index contributed by atoms with van der Waals surface area (Å²) in [6, 6.07) is 8.05. The van der Waals surface area contributed by atoms with E-state index in [0.717, 1.165) is 4.90 Å². The van der Waals surface area contributed by atoms with Crippen LogP contribution in [0.5, 0.6) is 0 Å². The lowest BCUT2D eigenvalue weighted by molar-refractivity contribution is -0.118. The van der Waals surface area contributed by atoms with Gasteiger partial charge in [0, 0.05) is 11.4 Å². The predicted molar refractivity (Wildman–Crippen MR) is 65.1 cm³/mol. The number of rotatable bonds is 5. The van der Waals surface area contributed by atoms with E-state index < -0.39 is 0 Å². The molecule has 80 valence electrons. The molecule has 1 N–H and O–H groups in total. The third-order valence-corrected chi connectivity index (χ3v) is 3.07. The largest absolute Gasteiger partial charge is 0.352 e. The smallest absolute Gasteiger partial charge is 0.230 e. The quantitative estimate of drug-likeness (QED) is 0.611. The molecule has 0 spiro atoms. The number of benzene rings is 1. The van der Waals surface area contributed by atoms with Crippen LogP contribution in [0, 0.1) is 6.92 Å². The molecule has 3 heteroatoms. The van der Waals surface area contributed by atoms with E-state index in [4.69, 9.17) is 0 Å². The Labute approximate surface area is 94.8 Å². The lowest BCUT2D eigenvalue weighted by Gasteiger charge is -2.04. The minimum absolute atomic E-state index is 0.0446. The summed E-state index contributed by atoms with van der Waals surface area (Å²) in [4.78, 5) is 12.5. The van der Waals surface area contributed by atoms with Crippen molar-refractivity contribution in [1.82, 2.24) is 5.32 Å². The van der Waals surface area contributed by atoms with E-state index in [1.807, 2.05) is 31.2 Å². The summed E-state index contributed by atoms with van der Waals surface area (Å²) < 4.78 is 0. The highest BCUT2D eigenvalue weighted by atomic mass is 32.2. The summed E-state index contributed by atoms with van der Waals surface area (Å²) >= 11 is 1.56. The first-order valence-corrected chi connectivity index (χ1v) is 5.78. The van der Waals surface area contributed by atoms with Gasteiger partial charge in [0.2, 0.25) is 5.91 Å². The summed E-state index contributed by atoms with van der Waals surface area (Å²) in [6.45, 7) is 6.12. The van der Waals surface area contributed by atoms with Gasteiger partial charge in [-0.15, -0.1) is 18.3 Å². The topological polar surface area (TPSA) is 29.1 Å². The fraction of sp³-hybridized carbons (Fsp3) is 0.250. The zero-order chi connectivity index (χ0) is 11.1. The number of amides is 1. The number of aryl methyl sites for hydroxylation is 1. The van der Waals surface area contributed by atoms with Crippen LogP contribution >= 0.6 is 11.8 Å². The maximum Gasteiger partial charge on any atom is 0.230 e. The van der Waals surface area contributed by atoms with Crippen LogP contribution in [0.1, 0.15) is 5.56 Å². The van der Waals surface area contributed by atoms with Crippen LogP contribution in [-0.4, -0.2) is 18.2 Å². The number of hydrogen-bond acceptors (Lipinski definition) is 2. The lowest BCUT2D eigenvalue weighted by atomic mass is 10.2. The second kappa shape index (κ2) is 6.30. The molecule has 0 heterocycles. The van der Waals surface area contributed by atoms with E-state index in [1.165, 1.54) is 5.56 Å². The molecule has 0 saturated carbocycles. The van der Waals surface area contributed by atoms with E-state index in [0.29, 0.717) is 12.3 Å². The van der Waals surface area contributed by atoms with Gasteiger partial charge in [-0.05, 0) is 18.6 Å². The monoisotopic (exact) mass is 221 g/mol. The highest BCUT2D eigenvalue weighted by Gasteiger charge is 2.02. The SMILES string of the molecule is C=CCNC(=O)CSc1ccccc1C. The molecule has 0 fully saturated rings. The van der Waals surface area contributed by atoms with Crippen molar-refractivity contribution in [2.45, 2.75) is 11.8 Å². The van der Waals surface area contributed by atoms with Gasteiger partial charge in [0.15, 0.2) is 0 Å². The first kappa shape index (κ1) is 11.9. The van der Waals surface area contributed by atoms with Gasteiger partial charge in [0.1, 0.15) is 0 Å². The molecule has 0 aliphatic carbocycles. The number of carbonyl (C=O) groups is 1. The Morgan fingerprint density at radius 2 is 2.27 bits per heavy atom. The summed E-state index contributed by atoms with van der Waals surface area (Å²) in [6.07, 6.45) is 1.68. The van der Waals surface area contributed by atoms with Crippen molar-refractivity contribution < 1.29 is 4.79 Å². The first-order chi connectivity index (χ1) is 7.24. The molecule has 1 aromatic carbocycles. The van der Waals surface area contributed by atoms with Gasteiger partial charge >= 0.3 is 0 Å². The van der Waals surface area contributed by atoms with Crippen molar-refractivity contribution >= 4 is 17.7 Å². The Kier molecular flexibility index (Phi) is 4.98. The lowest BCUT2D eigenvalue weighted by Crippen LogP contribution is -2.24. The molecule has 0 aliphatic heterocycles. The van der Waals surface area contributed by atoms with Crippen molar-refractivity contribution in [2.24, 2.45) is 0 Å². The van der Waals surface area contributed by atoms with Crippen LogP contribution in [0.15, 0.2) is 41.8 Å². The van der Waals surface area contributed by atoms with Gasteiger partial charge in [-0.25, -0.2) is 0 Å². The van der Waals surface area contributed by atoms with Gasteiger partial charge < -0.3 is 5.32 Å². The Hall–Kier alpha value is -1.22. The van der Waals surface area contributed by atoms with Crippen molar-refractivity contribution in [3.8, 4) is 0 Å². The summed E-state index contributed by atoms with van der Waals surface area (Å²) in [5.74, 6) is 0.502. The fourth-order valence-electron chi connectivity index (χ4n) is 1.10. The highest BCUT2D eigenvalue weighted by molar-refractivity contribution is 8.00. The van der Waals surface area contributed by atoms with Crippen molar-refractivity contribution in [2.75, 3.05) is 12.3 Å². The molecule has 1 amide bonds. The van der Waals surface area contributed by atoms with Crippen molar-refractivity contribution in [1.29, 1.82) is 0 Å². The molecule has 0 bridgehead atoms. The fourth-order valence-corrected chi connectivity index (χ4v) is 1.96. The average Bonchev–Trinajstić information content (AvgIpc) is 2.25. The molecule has 0 aromatic heterocycles. The molecule has 2 nitrogen and oxygen atoms in total. The third kappa shape index (κ3) is 4.21. The number of hydrogen-bond donors (Lipinski definition) is 1. The van der Waals surface area contributed by atoms with Crippen LogP contribution in [-0.2, 0) is 4.79 Å². The van der Waals surface area contributed by atoms with E-state index in [9.17, 15) is 4.79 Å². The maximum absolute atomic E-state index is 11.3. The number of thioether (sulfide) groups is 1. The third-order valence-electron chi connectivity index (χ3n) is 1.90. The van der Waals surface area contributed by atoms with Gasteiger partial charge in [-0.2, -0.15) is 0 Å². The Morgan fingerprint density at radius 3 is 2.93 bits per heavy atom. The standard InChI is InChI=1S/C12H15NOS/c1-3-8-13-12(14)9-15-11-7-5-4-6-10(11)2/h3-7H,1,8-9H2,2H3,(H,13,14). The minimum Gasteiger partial charge on any atom is -0.352 e. The molecule has 0 atom stereocenters. The molecular formula is C12H15NOS. The van der Waals surface area contributed by atoms with Crippen LogP contribution in [0.3, 0.4) is 0 Å². The summed E-state index contributed by atoms with van der Waals surface area (Å²) in [7, 11) is 0. The minimum atomic E-state index is 0.0446. The Bertz CT molecular complexity index is 349. The zero-order valence-electron chi connectivity index (χ0n) is 8.82. The van der Waals surface area contributed by atoms with Crippen LogP contribution in [0.4, 0.5) is 0 Å². The molecule has 0 saturated heterocycles. The summed E-state index contributed by atoms with van der Waals surface area (Å²) in [5, 5.41) is 2.74. The van der Waals surface area contributed by atoms with Crippen molar-refractivity contribution in [3.05, 3.63) is 42.5 Å². The Morgan fingerprint density at radius 1 is 1.53 bits per heavy atom. The average molecular weight is 221 g/mol. The first-order valence-electron chi connectivity index (χ1n) is 4.80. The molecule has 0 unspecified atom stereocenters. The number of nitrogens with one attached hydrogen (secondary N) is 1. The Balaban J connectivity index is 2.40. The molecule has 15 heavy (non-hydrogen) atoms. The van der Waals surface area contributed by atoms with Crippen molar-refractivity contribution in [3.63, 3.8) is 0 Å². The van der Waals surface area contributed by atoms with E-state index in [2.05, 4.69) is 11.9 Å². The molecule has 0 aliphatic rings. The molecule has 0 radical (unpaired) electrons. The normalized spacial score (nSPS) is 9.67. The van der Waals surface area contributed by atoms with E-state index in [-0.39, 0.29) is 5.91 Å². The maximum atomic E-state index is 11.3. The summed E-state index contributed by atoms with van der Waals surface area (Å²) in [5.41, 5.74) is 1.21. The van der Waals surface area contributed by atoms with Crippen LogP contribution < -0.4 is 5.32 Å². The second-order valence-corrected chi connectivity index (χ2v) is 4.16. The van der Waals surface area contributed by atoms with Gasteiger partial charge in [0.05, 0.1) is 5.75 Å². The van der Waals surface area contributed by atoms with Gasteiger partial charge in [-0.3, -0.25) is 4.79 Å². The van der Waals surface area contributed by atoms with E-state index >= 15 is 0 Å². The van der Waals surface area contributed by atoms with Crippen LogP contribution in [0.25, 0.3) is 0 Å². The molecular weight excluding hydrogens is 206 g/mol. The second-order valence-electron chi connectivity index (χ2n) is 3.15.